The van der Waals surface area contributed by atoms with Crippen LogP contribution in [0.3, 0.4) is 0 Å². The van der Waals surface area contributed by atoms with E-state index in [0.29, 0.717) is 0 Å². The van der Waals surface area contributed by atoms with Gasteiger partial charge in [0.15, 0.2) is 0 Å². The minimum atomic E-state index is -4.78. The molecule has 2 heterocycles. The number of aromatic nitrogens is 4. The van der Waals surface area contributed by atoms with E-state index in [1.807, 2.05) is 0 Å². The molecule has 3 aromatic carbocycles. The number of aromatic hydroxyl groups is 2. The first-order chi connectivity index (χ1) is 23.7. The van der Waals surface area contributed by atoms with Gasteiger partial charge in [-0.15, -0.1) is 0 Å². The SMILES string of the molecule is N#CC(C#N)=Cc1c(-c2cccc(-c3nn(-c4ccc(S(=O)(=O)[O-])cc4)c(O)c3C=C(C#N)C#N)c2)nn(-c2ccc(S(=O)(=O)[O-])cc2)c1O.[Na+].[Na+]. The topological polar surface area (TPSA) is 286 Å². The van der Waals surface area contributed by atoms with Crippen molar-refractivity contribution in [3.8, 4) is 69.9 Å². The minimum absolute atomic E-state index is 0. The van der Waals surface area contributed by atoms with E-state index in [4.69, 9.17) is 0 Å². The molecular formula is C32H16N8Na2O8S2. The number of benzene rings is 3. The zero-order chi connectivity index (χ0) is 36.4. The zero-order valence-corrected chi connectivity index (χ0v) is 32.5. The molecule has 0 atom stereocenters. The van der Waals surface area contributed by atoms with Gasteiger partial charge in [-0.1, -0.05) is 18.2 Å². The summed E-state index contributed by atoms with van der Waals surface area (Å²) < 4.78 is 70.4. The van der Waals surface area contributed by atoms with Gasteiger partial charge < -0.3 is 19.3 Å². The monoisotopic (exact) mass is 750 g/mol. The van der Waals surface area contributed by atoms with Crippen molar-refractivity contribution in [2.24, 2.45) is 0 Å². The second-order valence-corrected chi connectivity index (χ2v) is 12.8. The summed E-state index contributed by atoms with van der Waals surface area (Å²) in [6.45, 7) is 0. The van der Waals surface area contributed by atoms with Crippen molar-refractivity contribution in [1.29, 1.82) is 21.0 Å². The van der Waals surface area contributed by atoms with Crippen molar-refractivity contribution < 1.29 is 95.3 Å². The summed E-state index contributed by atoms with van der Waals surface area (Å²) in [5.74, 6) is -1.12. The van der Waals surface area contributed by atoms with Gasteiger partial charge in [-0.3, -0.25) is 0 Å². The molecule has 0 amide bonds. The second-order valence-electron chi connectivity index (χ2n) is 10.0. The summed E-state index contributed by atoms with van der Waals surface area (Å²) in [6, 6.07) is 21.7. The molecule has 20 heteroatoms. The van der Waals surface area contributed by atoms with Crippen molar-refractivity contribution in [1.82, 2.24) is 19.6 Å². The smallest absolute Gasteiger partial charge is 0.744 e. The Balaban J connectivity index is 0.00000364. The molecule has 0 saturated carbocycles. The van der Waals surface area contributed by atoms with E-state index in [9.17, 15) is 57.2 Å². The van der Waals surface area contributed by atoms with Gasteiger partial charge in [0.25, 0.3) is 0 Å². The maximum Gasteiger partial charge on any atom is 1.00 e. The van der Waals surface area contributed by atoms with Crippen molar-refractivity contribution in [3.63, 3.8) is 0 Å². The van der Waals surface area contributed by atoms with Crippen LogP contribution in [0.2, 0.25) is 0 Å². The average molecular weight is 751 g/mol. The van der Waals surface area contributed by atoms with Crippen LogP contribution in [0.5, 0.6) is 11.8 Å². The summed E-state index contributed by atoms with van der Waals surface area (Å²) in [4.78, 5) is -1.07. The molecule has 52 heavy (non-hydrogen) atoms. The number of nitriles is 4. The molecule has 5 aromatic rings. The van der Waals surface area contributed by atoms with E-state index in [2.05, 4.69) is 10.2 Å². The molecule has 0 radical (unpaired) electrons. The maximum absolute atomic E-state index is 11.4. The summed E-state index contributed by atoms with van der Waals surface area (Å²) in [5, 5.41) is 68.9. The first kappa shape index (κ1) is 41.4. The van der Waals surface area contributed by atoms with E-state index >= 15 is 0 Å². The zero-order valence-electron chi connectivity index (χ0n) is 26.8. The fraction of sp³-hybridized carbons (Fsp3) is 0. The normalized spacial score (nSPS) is 10.6. The third-order valence-electron chi connectivity index (χ3n) is 7.00. The molecule has 2 aromatic heterocycles. The maximum atomic E-state index is 11.4. The molecule has 0 spiro atoms. The Labute approximate surface area is 340 Å². The predicted molar refractivity (Wildman–Crippen MR) is 169 cm³/mol. The van der Waals surface area contributed by atoms with E-state index in [1.165, 1.54) is 36.4 Å². The van der Waals surface area contributed by atoms with Crippen molar-refractivity contribution in [3.05, 3.63) is 95.1 Å². The molecule has 0 saturated heterocycles. The number of rotatable bonds is 8. The molecule has 0 unspecified atom stereocenters. The molecule has 0 fully saturated rings. The molecule has 0 aliphatic heterocycles. The summed E-state index contributed by atoms with van der Waals surface area (Å²) in [5.41, 5.74) is -0.258. The molecule has 2 N–H and O–H groups in total. The summed E-state index contributed by atoms with van der Waals surface area (Å²) in [7, 11) is -9.56. The number of nitrogens with zero attached hydrogens (tertiary/aromatic N) is 8. The third kappa shape index (κ3) is 8.52. The van der Waals surface area contributed by atoms with Crippen LogP contribution in [0.25, 0.3) is 46.0 Å². The van der Waals surface area contributed by atoms with E-state index in [1.54, 1.807) is 36.4 Å². The molecule has 0 aliphatic carbocycles. The van der Waals surface area contributed by atoms with E-state index in [-0.39, 0.29) is 104 Å². The predicted octanol–water partition coefficient (Wildman–Crippen LogP) is -2.52. The van der Waals surface area contributed by atoms with Crippen molar-refractivity contribution in [2.45, 2.75) is 9.79 Å². The van der Waals surface area contributed by atoms with Gasteiger partial charge in [-0.25, -0.2) is 26.2 Å². The minimum Gasteiger partial charge on any atom is -0.744 e. The van der Waals surface area contributed by atoms with Crippen LogP contribution in [0, 0.1) is 45.3 Å². The average Bonchev–Trinajstić information content (AvgIpc) is 3.60. The fourth-order valence-corrected chi connectivity index (χ4v) is 5.62. The van der Waals surface area contributed by atoms with Crippen LogP contribution in [-0.4, -0.2) is 55.7 Å². The number of hydrogen-bond donors (Lipinski definition) is 2. The van der Waals surface area contributed by atoms with E-state index < -0.39 is 52.9 Å². The van der Waals surface area contributed by atoms with Crippen LogP contribution in [0.15, 0.2) is 93.7 Å². The van der Waals surface area contributed by atoms with Gasteiger partial charge in [-0.2, -0.15) is 31.2 Å². The van der Waals surface area contributed by atoms with Crippen molar-refractivity contribution in [2.75, 3.05) is 0 Å². The summed E-state index contributed by atoms with van der Waals surface area (Å²) >= 11 is 0. The second kappa shape index (κ2) is 16.5. The Morgan fingerprint density at radius 3 is 1.23 bits per heavy atom. The Kier molecular flexibility index (Phi) is 13.1. The molecule has 0 bridgehead atoms. The van der Waals surface area contributed by atoms with Gasteiger partial charge in [0, 0.05) is 11.1 Å². The van der Waals surface area contributed by atoms with Gasteiger partial charge in [-0.05, 0) is 66.7 Å². The first-order valence-electron chi connectivity index (χ1n) is 13.6. The van der Waals surface area contributed by atoms with Gasteiger partial charge >= 0.3 is 59.1 Å². The van der Waals surface area contributed by atoms with Gasteiger partial charge in [0.1, 0.15) is 67.0 Å². The van der Waals surface area contributed by atoms with Gasteiger partial charge in [0.2, 0.25) is 11.8 Å². The van der Waals surface area contributed by atoms with Crippen LogP contribution in [0.4, 0.5) is 0 Å². The molecule has 246 valence electrons. The first-order valence-corrected chi connectivity index (χ1v) is 16.4. The number of hydrogen-bond acceptors (Lipinski definition) is 14. The van der Waals surface area contributed by atoms with Crippen LogP contribution >= 0.6 is 0 Å². The number of allylic oxidation sites excluding steroid dienone is 2. The molecule has 0 aliphatic rings. The van der Waals surface area contributed by atoms with Crippen LogP contribution < -0.4 is 59.1 Å². The fourth-order valence-electron chi connectivity index (χ4n) is 4.68. The summed E-state index contributed by atoms with van der Waals surface area (Å²) in [6.07, 6.45) is 2.15. The quantitative estimate of drug-likeness (QED) is 0.0941. The Hall–Kier alpha value is -5.06. The van der Waals surface area contributed by atoms with E-state index in [0.717, 1.165) is 45.8 Å². The van der Waals surface area contributed by atoms with Gasteiger partial charge in [0.05, 0.1) is 32.3 Å². The Bertz CT molecular complexity index is 2450. The molecule has 5 rings (SSSR count). The third-order valence-corrected chi connectivity index (χ3v) is 8.70. The Morgan fingerprint density at radius 2 is 0.942 bits per heavy atom. The molecular weight excluding hydrogens is 735 g/mol. The largest absolute Gasteiger partial charge is 1.00 e. The van der Waals surface area contributed by atoms with Crippen molar-refractivity contribution >= 4 is 32.4 Å². The van der Waals surface area contributed by atoms with Crippen LogP contribution in [-0.2, 0) is 20.2 Å². The van der Waals surface area contributed by atoms with Crippen LogP contribution in [0.1, 0.15) is 11.1 Å². The standard InChI is InChI=1S/C32H18N8O8S2.2Na/c33-15-19(16-34)12-27-29(37-39(31(27)41)23-4-8-25(9-5-23)49(43,44)45)21-2-1-3-22(14-21)30-28(13-20(17-35)18-36)32(42)40(38-30)24-6-10-26(11-7-24)50(46,47)48;;/h1-14,41-42H,(H,43,44,45)(H,46,47,48);;/q;2*+1/p-2. The Morgan fingerprint density at radius 1 is 0.615 bits per heavy atom. The molecule has 16 nitrogen and oxygen atoms in total.